The molecule has 0 radical (unpaired) electrons. The summed E-state index contributed by atoms with van der Waals surface area (Å²) in [4.78, 5) is 10.5. The van der Waals surface area contributed by atoms with Crippen LogP contribution >= 0.6 is 0 Å². The molecular weight excluding hydrogens is 214 g/mol. The second-order valence-corrected chi connectivity index (χ2v) is 4.84. The molecule has 0 bridgehead atoms. The lowest BCUT2D eigenvalue weighted by Gasteiger charge is -2.20. The third kappa shape index (κ3) is 4.56. The number of nitrogens with zero attached hydrogens (tertiary/aromatic N) is 3. The van der Waals surface area contributed by atoms with Crippen molar-refractivity contribution in [1.82, 2.24) is 9.97 Å². The molecule has 1 heterocycles. The Labute approximate surface area is 103 Å². The molecule has 1 aromatic heterocycles. The van der Waals surface area contributed by atoms with E-state index in [1.165, 1.54) is 0 Å². The van der Waals surface area contributed by atoms with Gasteiger partial charge in [0.25, 0.3) is 0 Å². The van der Waals surface area contributed by atoms with Gasteiger partial charge in [-0.2, -0.15) is 4.98 Å². The third-order valence-corrected chi connectivity index (χ3v) is 2.44. The van der Waals surface area contributed by atoms with Crippen LogP contribution in [0.3, 0.4) is 0 Å². The topological polar surface area (TPSA) is 67.1 Å². The van der Waals surface area contributed by atoms with Crippen molar-refractivity contribution in [3.05, 3.63) is 12.3 Å². The molecular formula is C12H23N5. The minimum absolute atomic E-state index is 0.264. The molecule has 5 nitrogen and oxygen atoms in total. The number of nitrogens with two attached hydrogens (primary N) is 1. The Morgan fingerprint density at radius 1 is 1.41 bits per heavy atom. The summed E-state index contributed by atoms with van der Waals surface area (Å²) in [6.07, 6.45) is 2.80. The molecule has 0 aliphatic heterocycles. The van der Waals surface area contributed by atoms with Crippen molar-refractivity contribution in [2.24, 2.45) is 11.7 Å². The first kappa shape index (κ1) is 13.7. The highest BCUT2D eigenvalue weighted by Crippen LogP contribution is 2.12. The summed E-state index contributed by atoms with van der Waals surface area (Å²) in [5.74, 6) is 2.15. The van der Waals surface area contributed by atoms with Crippen LogP contribution in [0.2, 0.25) is 0 Å². The van der Waals surface area contributed by atoms with Crippen molar-refractivity contribution in [2.75, 3.05) is 30.9 Å². The summed E-state index contributed by atoms with van der Waals surface area (Å²) in [6, 6.07) is 2.13. The molecule has 0 aliphatic carbocycles. The van der Waals surface area contributed by atoms with Crippen LogP contribution in [0, 0.1) is 5.92 Å². The molecule has 0 aliphatic rings. The number of nitrogens with one attached hydrogen (secondary N) is 1. The van der Waals surface area contributed by atoms with Crippen LogP contribution in [0.1, 0.15) is 20.3 Å². The summed E-state index contributed by atoms with van der Waals surface area (Å²) in [5, 5.41) is 3.35. The fourth-order valence-electron chi connectivity index (χ4n) is 1.64. The summed E-state index contributed by atoms with van der Waals surface area (Å²) in [5.41, 5.74) is 5.75. The molecule has 0 saturated carbocycles. The quantitative estimate of drug-likeness (QED) is 0.781. The summed E-state index contributed by atoms with van der Waals surface area (Å²) >= 11 is 0. The molecule has 1 unspecified atom stereocenters. The lowest BCUT2D eigenvalue weighted by atomic mass is 10.0. The molecule has 0 saturated heterocycles. The second kappa shape index (κ2) is 6.39. The molecule has 0 fully saturated rings. The summed E-state index contributed by atoms with van der Waals surface area (Å²) < 4.78 is 0. The highest BCUT2D eigenvalue weighted by molar-refractivity contribution is 5.41. The molecule has 0 spiro atoms. The van der Waals surface area contributed by atoms with E-state index >= 15 is 0 Å². The van der Waals surface area contributed by atoms with Gasteiger partial charge in [0.1, 0.15) is 5.82 Å². The van der Waals surface area contributed by atoms with E-state index in [2.05, 4.69) is 29.1 Å². The first-order chi connectivity index (χ1) is 8.02. The van der Waals surface area contributed by atoms with E-state index in [1.54, 1.807) is 6.20 Å². The maximum Gasteiger partial charge on any atom is 0.226 e. The third-order valence-electron chi connectivity index (χ3n) is 2.44. The number of aromatic nitrogens is 2. The zero-order chi connectivity index (χ0) is 12.8. The van der Waals surface area contributed by atoms with E-state index in [0.717, 1.165) is 12.2 Å². The van der Waals surface area contributed by atoms with E-state index < -0.39 is 0 Å². The molecule has 0 aromatic carbocycles. The first-order valence-corrected chi connectivity index (χ1v) is 6.00. The van der Waals surface area contributed by atoms with Crippen molar-refractivity contribution in [3.8, 4) is 0 Å². The molecule has 5 heteroatoms. The van der Waals surface area contributed by atoms with Crippen LogP contribution in [0.15, 0.2) is 12.3 Å². The highest BCUT2D eigenvalue weighted by Gasteiger charge is 2.10. The number of anilines is 2. The van der Waals surface area contributed by atoms with Gasteiger partial charge in [0.05, 0.1) is 0 Å². The molecule has 1 rings (SSSR count). The minimum Gasteiger partial charge on any atom is -0.366 e. The van der Waals surface area contributed by atoms with Crippen molar-refractivity contribution in [1.29, 1.82) is 0 Å². The van der Waals surface area contributed by atoms with Crippen LogP contribution < -0.4 is 16.0 Å². The van der Waals surface area contributed by atoms with Crippen molar-refractivity contribution in [2.45, 2.75) is 26.3 Å². The Kier molecular flexibility index (Phi) is 5.15. The van der Waals surface area contributed by atoms with Gasteiger partial charge in [0, 0.05) is 32.9 Å². The second-order valence-electron chi connectivity index (χ2n) is 4.84. The Bertz CT molecular complexity index is 337. The fraction of sp³-hybridized carbons (Fsp3) is 0.667. The standard InChI is InChI=1S/C12H23N5/c1-9(2)7-10(8-13)15-11-5-6-14-12(16-11)17(3)4/h5-6,9-10H,7-8,13H2,1-4H3,(H,14,15,16). The molecule has 1 aromatic rings. The average molecular weight is 237 g/mol. The van der Waals surface area contributed by atoms with E-state index in [-0.39, 0.29) is 6.04 Å². The Morgan fingerprint density at radius 2 is 2.12 bits per heavy atom. The smallest absolute Gasteiger partial charge is 0.226 e. The van der Waals surface area contributed by atoms with Gasteiger partial charge in [-0.1, -0.05) is 13.8 Å². The van der Waals surface area contributed by atoms with Crippen LogP contribution in [0.4, 0.5) is 11.8 Å². The van der Waals surface area contributed by atoms with Crippen LogP contribution in [0.25, 0.3) is 0 Å². The van der Waals surface area contributed by atoms with Gasteiger partial charge in [0.15, 0.2) is 0 Å². The van der Waals surface area contributed by atoms with Crippen molar-refractivity contribution >= 4 is 11.8 Å². The maximum atomic E-state index is 5.75. The van der Waals surface area contributed by atoms with E-state index in [0.29, 0.717) is 18.4 Å². The zero-order valence-electron chi connectivity index (χ0n) is 11.1. The van der Waals surface area contributed by atoms with Crippen LogP contribution in [-0.2, 0) is 0 Å². The lowest BCUT2D eigenvalue weighted by molar-refractivity contribution is 0.521. The largest absolute Gasteiger partial charge is 0.366 e. The van der Waals surface area contributed by atoms with Crippen LogP contribution in [-0.4, -0.2) is 36.6 Å². The molecule has 17 heavy (non-hydrogen) atoms. The normalized spacial score (nSPS) is 12.6. The van der Waals surface area contributed by atoms with Crippen molar-refractivity contribution in [3.63, 3.8) is 0 Å². The van der Waals surface area contributed by atoms with E-state index in [9.17, 15) is 0 Å². The first-order valence-electron chi connectivity index (χ1n) is 6.00. The lowest BCUT2D eigenvalue weighted by Crippen LogP contribution is -2.30. The van der Waals surface area contributed by atoms with Gasteiger partial charge in [-0.05, 0) is 18.4 Å². The van der Waals surface area contributed by atoms with Crippen LogP contribution in [0.5, 0.6) is 0 Å². The monoisotopic (exact) mass is 237 g/mol. The van der Waals surface area contributed by atoms with Gasteiger partial charge in [-0.3, -0.25) is 0 Å². The Hall–Kier alpha value is -1.36. The number of hydrogen-bond acceptors (Lipinski definition) is 5. The van der Waals surface area contributed by atoms with Gasteiger partial charge < -0.3 is 16.0 Å². The van der Waals surface area contributed by atoms with E-state index in [4.69, 9.17) is 5.73 Å². The Morgan fingerprint density at radius 3 is 2.65 bits per heavy atom. The number of rotatable bonds is 6. The molecule has 96 valence electrons. The number of hydrogen-bond donors (Lipinski definition) is 2. The zero-order valence-corrected chi connectivity index (χ0v) is 11.1. The summed E-state index contributed by atoms with van der Waals surface area (Å²) in [6.45, 7) is 4.99. The predicted molar refractivity (Wildman–Crippen MR) is 72.3 cm³/mol. The molecule has 1 atom stereocenters. The Balaban J connectivity index is 2.69. The van der Waals surface area contributed by atoms with Crippen molar-refractivity contribution < 1.29 is 0 Å². The predicted octanol–water partition coefficient (Wildman–Crippen LogP) is 1.33. The maximum absolute atomic E-state index is 5.75. The highest BCUT2D eigenvalue weighted by atomic mass is 15.2. The fourth-order valence-corrected chi connectivity index (χ4v) is 1.64. The molecule has 0 amide bonds. The molecule has 3 N–H and O–H groups in total. The van der Waals surface area contributed by atoms with Gasteiger partial charge >= 0.3 is 0 Å². The van der Waals surface area contributed by atoms with Gasteiger partial charge in [-0.15, -0.1) is 0 Å². The van der Waals surface area contributed by atoms with Gasteiger partial charge in [-0.25, -0.2) is 4.98 Å². The average Bonchev–Trinajstić information content (AvgIpc) is 2.28. The van der Waals surface area contributed by atoms with Gasteiger partial charge in [0.2, 0.25) is 5.95 Å². The SMILES string of the molecule is CC(C)CC(CN)Nc1ccnc(N(C)C)n1. The van der Waals surface area contributed by atoms with E-state index in [1.807, 2.05) is 25.1 Å². The summed E-state index contributed by atoms with van der Waals surface area (Å²) in [7, 11) is 3.85. The minimum atomic E-state index is 0.264.